The Morgan fingerprint density at radius 3 is 2.52 bits per heavy atom. The zero-order chi connectivity index (χ0) is 15.4. The third-order valence-electron chi connectivity index (χ3n) is 3.85. The number of benzene rings is 1. The van der Waals surface area contributed by atoms with Crippen molar-refractivity contribution in [2.45, 2.75) is 38.1 Å². The lowest BCUT2D eigenvalue weighted by Crippen LogP contribution is -2.46. The third-order valence-corrected chi connectivity index (χ3v) is 4.51. The molecule has 1 aromatic carbocycles. The maximum Gasteiger partial charge on any atom is 0.326 e. The molecule has 1 amide bonds. The van der Waals surface area contributed by atoms with Gasteiger partial charge in [0.1, 0.15) is 11.9 Å². The molecule has 0 saturated heterocycles. The van der Waals surface area contributed by atoms with Crippen LogP contribution >= 0.6 is 15.9 Å². The van der Waals surface area contributed by atoms with Crippen LogP contribution in [0, 0.1) is 11.7 Å². The Bertz CT molecular complexity index is 544. The predicted molar refractivity (Wildman–Crippen MR) is 79.6 cm³/mol. The van der Waals surface area contributed by atoms with Crippen molar-refractivity contribution in [3.8, 4) is 0 Å². The summed E-state index contributed by atoms with van der Waals surface area (Å²) < 4.78 is 13.3. The number of carboxylic acids is 1. The van der Waals surface area contributed by atoms with Gasteiger partial charge in [-0.05, 0) is 52.9 Å². The number of rotatable bonds is 4. The summed E-state index contributed by atoms with van der Waals surface area (Å²) in [4.78, 5) is 23.6. The van der Waals surface area contributed by atoms with Crippen molar-refractivity contribution in [2.75, 3.05) is 0 Å². The Morgan fingerprint density at radius 1 is 1.29 bits per heavy atom. The van der Waals surface area contributed by atoms with Crippen molar-refractivity contribution in [1.82, 2.24) is 5.32 Å². The summed E-state index contributed by atoms with van der Waals surface area (Å²) in [6, 6.07) is 2.81. The number of carboxylic acid groups (broad SMARTS) is 1. The molecule has 0 bridgehead atoms. The first-order chi connectivity index (χ1) is 9.99. The molecule has 1 unspecified atom stereocenters. The molecule has 1 aliphatic rings. The quantitative estimate of drug-likeness (QED) is 0.868. The van der Waals surface area contributed by atoms with E-state index in [4.69, 9.17) is 0 Å². The van der Waals surface area contributed by atoms with Crippen LogP contribution in [0.2, 0.25) is 0 Å². The molecule has 1 atom stereocenters. The molecule has 1 aromatic rings. The Hall–Kier alpha value is -1.43. The molecule has 114 valence electrons. The first kappa shape index (κ1) is 15.9. The van der Waals surface area contributed by atoms with Gasteiger partial charge in [-0.2, -0.15) is 0 Å². The van der Waals surface area contributed by atoms with Gasteiger partial charge in [0.05, 0.1) is 5.56 Å². The maximum atomic E-state index is 13.0. The van der Waals surface area contributed by atoms with E-state index in [1.807, 2.05) is 0 Å². The van der Waals surface area contributed by atoms with Gasteiger partial charge in [0.15, 0.2) is 0 Å². The molecular formula is C15H17BrFNO3. The summed E-state index contributed by atoms with van der Waals surface area (Å²) >= 11 is 3.12. The van der Waals surface area contributed by atoms with Crippen molar-refractivity contribution in [3.63, 3.8) is 0 Å². The zero-order valence-corrected chi connectivity index (χ0v) is 13.0. The topological polar surface area (TPSA) is 66.4 Å². The smallest absolute Gasteiger partial charge is 0.326 e. The van der Waals surface area contributed by atoms with Crippen LogP contribution in [0.4, 0.5) is 4.39 Å². The summed E-state index contributed by atoms with van der Waals surface area (Å²) in [6.45, 7) is 0. The summed E-state index contributed by atoms with van der Waals surface area (Å²) in [6.07, 6.45) is 4.71. The normalized spacial score (nSPS) is 17.2. The Balaban J connectivity index is 2.12. The minimum atomic E-state index is -1.02. The fraction of sp³-hybridized carbons (Fsp3) is 0.467. The molecule has 2 rings (SSSR count). The van der Waals surface area contributed by atoms with Crippen LogP contribution in [-0.4, -0.2) is 23.0 Å². The molecule has 6 heteroatoms. The number of nitrogens with one attached hydrogen (secondary N) is 1. The molecule has 1 saturated carbocycles. The molecule has 0 aliphatic heterocycles. The Morgan fingerprint density at radius 2 is 1.95 bits per heavy atom. The molecule has 0 spiro atoms. The molecule has 2 N–H and O–H groups in total. The fourth-order valence-corrected chi connectivity index (χ4v) is 3.27. The first-order valence-corrected chi connectivity index (χ1v) is 7.77. The van der Waals surface area contributed by atoms with E-state index in [1.54, 1.807) is 0 Å². The van der Waals surface area contributed by atoms with E-state index in [1.165, 1.54) is 18.2 Å². The number of hydrogen-bond donors (Lipinski definition) is 2. The average Bonchev–Trinajstić information content (AvgIpc) is 2.45. The Kier molecular flexibility index (Phi) is 5.33. The number of halogens is 2. The lowest BCUT2D eigenvalue weighted by molar-refractivity contribution is -0.141. The van der Waals surface area contributed by atoms with Gasteiger partial charge in [0, 0.05) is 4.47 Å². The van der Waals surface area contributed by atoms with Crippen molar-refractivity contribution in [1.29, 1.82) is 0 Å². The van der Waals surface area contributed by atoms with Crippen molar-refractivity contribution < 1.29 is 19.1 Å². The van der Waals surface area contributed by atoms with E-state index >= 15 is 0 Å². The van der Waals surface area contributed by atoms with Gasteiger partial charge >= 0.3 is 5.97 Å². The number of carbonyl (C=O) groups excluding carboxylic acids is 1. The standard InChI is InChI=1S/C15H17BrFNO3/c16-12-8-10(17)6-7-11(12)14(19)18-13(15(20)21)9-4-2-1-3-5-9/h6-9,13H,1-5H2,(H,18,19)(H,20,21). The minimum absolute atomic E-state index is 0.0422. The summed E-state index contributed by atoms with van der Waals surface area (Å²) in [7, 11) is 0. The van der Waals surface area contributed by atoms with Gasteiger partial charge < -0.3 is 10.4 Å². The highest BCUT2D eigenvalue weighted by Crippen LogP contribution is 2.27. The highest BCUT2D eigenvalue weighted by atomic mass is 79.9. The van der Waals surface area contributed by atoms with Gasteiger partial charge in [0.2, 0.25) is 0 Å². The second kappa shape index (κ2) is 7.02. The molecule has 4 nitrogen and oxygen atoms in total. The summed E-state index contributed by atoms with van der Waals surface area (Å²) in [5.41, 5.74) is 0.235. The second-order valence-corrected chi connectivity index (χ2v) is 6.17. The first-order valence-electron chi connectivity index (χ1n) is 6.98. The van der Waals surface area contributed by atoms with Crippen molar-refractivity contribution >= 4 is 27.8 Å². The van der Waals surface area contributed by atoms with Gasteiger partial charge in [0.25, 0.3) is 5.91 Å². The van der Waals surface area contributed by atoms with Gasteiger partial charge in [-0.3, -0.25) is 4.79 Å². The van der Waals surface area contributed by atoms with Crippen molar-refractivity contribution in [2.24, 2.45) is 5.92 Å². The molecule has 1 aliphatic carbocycles. The lowest BCUT2D eigenvalue weighted by Gasteiger charge is -2.28. The Labute approximate surface area is 130 Å². The number of hydrogen-bond acceptors (Lipinski definition) is 2. The molecule has 21 heavy (non-hydrogen) atoms. The molecule has 0 aromatic heterocycles. The van der Waals surface area contributed by atoms with E-state index in [0.29, 0.717) is 4.47 Å². The zero-order valence-electron chi connectivity index (χ0n) is 11.4. The van der Waals surface area contributed by atoms with E-state index in [0.717, 1.165) is 32.1 Å². The monoisotopic (exact) mass is 357 g/mol. The molecule has 0 heterocycles. The predicted octanol–water partition coefficient (Wildman–Crippen LogP) is 3.35. The van der Waals surface area contributed by atoms with Crippen molar-refractivity contribution in [3.05, 3.63) is 34.1 Å². The van der Waals surface area contributed by atoms with Crippen LogP contribution in [0.25, 0.3) is 0 Å². The molecule has 1 fully saturated rings. The van der Waals surface area contributed by atoms with Gasteiger partial charge in [-0.25, -0.2) is 9.18 Å². The van der Waals surface area contributed by atoms with E-state index in [2.05, 4.69) is 21.2 Å². The minimum Gasteiger partial charge on any atom is -0.480 e. The van der Waals surface area contributed by atoms with Crippen LogP contribution < -0.4 is 5.32 Å². The van der Waals surface area contributed by atoms with Gasteiger partial charge in [-0.1, -0.05) is 19.3 Å². The SMILES string of the molecule is O=C(NC(C(=O)O)C1CCCCC1)c1ccc(F)cc1Br. The second-order valence-electron chi connectivity index (χ2n) is 5.31. The van der Waals surface area contributed by atoms with Gasteiger partial charge in [-0.15, -0.1) is 0 Å². The average molecular weight is 358 g/mol. The number of amides is 1. The third kappa shape index (κ3) is 4.03. The van der Waals surface area contributed by atoms with Crippen LogP contribution in [0.15, 0.2) is 22.7 Å². The fourth-order valence-electron chi connectivity index (χ4n) is 2.74. The van der Waals surface area contributed by atoms with E-state index in [9.17, 15) is 19.1 Å². The highest BCUT2D eigenvalue weighted by Gasteiger charge is 2.31. The van der Waals surface area contributed by atoms with Crippen LogP contribution in [0.3, 0.4) is 0 Å². The largest absolute Gasteiger partial charge is 0.480 e. The van der Waals surface area contributed by atoms with Crippen LogP contribution in [0.1, 0.15) is 42.5 Å². The lowest BCUT2D eigenvalue weighted by atomic mass is 9.84. The van der Waals surface area contributed by atoms with Crippen LogP contribution in [-0.2, 0) is 4.79 Å². The number of carbonyl (C=O) groups is 2. The molecule has 0 radical (unpaired) electrons. The summed E-state index contributed by atoms with van der Waals surface area (Å²) in [5.74, 6) is -2.02. The maximum absolute atomic E-state index is 13.0. The molecular weight excluding hydrogens is 341 g/mol. The summed E-state index contributed by atoms with van der Waals surface area (Å²) in [5, 5.41) is 11.9. The van der Waals surface area contributed by atoms with E-state index < -0.39 is 23.7 Å². The van der Waals surface area contributed by atoms with Crippen LogP contribution in [0.5, 0.6) is 0 Å². The number of aliphatic carboxylic acids is 1. The highest BCUT2D eigenvalue weighted by molar-refractivity contribution is 9.10. The van der Waals surface area contributed by atoms with E-state index in [-0.39, 0.29) is 11.5 Å².